The molecule has 3 aromatic rings. The molecule has 1 atom stereocenters. The molecule has 0 bridgehead atoms. The molecule has 128 valence electrons. The molecule has 0 aliphatic rings. The standard InChI is InChI=1S/C20H21N3O2/c1-3-14(2)21-18(24)13-23-17-12-8-7-11-16(17)19(22-20(23)25)15-9-5-4-6-10-15/h4-12,14H,3,13H2,1-2H3,(H,21,24)/t14-/m0/s1. The number of benzene rings is 2. The first-order chi connectivity index (χ1) is 12.1. The third kappa shape index (κ3) is 3.60. The molecule has 0 aliphatic carbocycles. The van der Waals surface area contributed by atoms with Crippen molar-refractivity contribution in [3.05, 3.63) is 65.1 Å². The molecule has 2 aromatic carbocycles. The average molecular weight is 335 g/mol. The lowest BCUT2D eigenvalue weighted by Gasteiger charge is -2.15. The van der Waals surface area contributed by atoms with Crippen molar-refractivity contribution in [2.24, 2.45) is 0 Å². The van der Waals surface area contributed by atoms with Crippen molar-refractivity contribution in [2.75, 3.05) is 0 Å². The molecule has 1 heterocycles. The average Bonchev–Trinajstić information content (AvgIpc) is 2.64. The third-order valence-electron chi connectivity index (χ3n) is 4.26. The summed E-state index contributed by atoms with van der Waals surface area (Å²) in [5.41, 5.74) is 1.81. The zero-order valence-electron chi connectivity index (χ0n) is 14.4. The van der Waals surface area contributed by atoms with E-state index in [0.717, 1.165) is 17.4 Å². The number of rotatable bonds is 5. The Bertz CT molecular complexity index is 948. The minimum Gasteiger partial charge on any atom is -0.352 e. The Kier molecular flexibility index (Phi) is 4.93. The van der Waals surface area contributed by atoms with E-state index in [0.29, 0.717) is 11.2 Å². The number of para-hydroxylation sites is 1. The maximum absolute atomic E-state index is 12.6. The van der Waals surface area contributed by atoms with E-state index in [9.17, 15) is 9.59 Å². The molecule has 1 N–H and O–H groups in total. The number of hydrogen-bond donors (Lipinski definition) is 1. The zero-order valence-corrected chi connectivity index (χ0v) is 14.4. The summed E-state index contributed by atoms with van der Waals surface area (Å²) in [7, 11) is 0. The summed E-state index contributed by atoms with van der Waals surface area (Å²) in [6.07, 6.45) is 0.840. The van der Waals surface area contributed by atoms with Crippen LogP contribution < -0.4 is 11.0 Å². The van der Waals surface area contributed by atoms with Gasteiger partial charge in [-0.25, -0.2) is 4.79 Å². The van der Waals surface area contributed by atoms with Crippen molar-refractivity contribution < 1.29 is 4.79 Å². The van der Waals surface area contributed by atoms with Crippen LogP contribution in [0.4, 0.5) is 0 Å². The lowest BCUT2D eigenvalue weighted by atomic mass is 10.1. The molecule has 0 unspecified atom stereocenters. The number of fused-ring (bicyclic) bond motifs is 1. The second-order valence-corrected chi connectivity index (χ2v) is 6.09. The summed E-state index contributed by atoms with van der Waals surface area (Å²) in [6, 6.07) is 17.2. The van der Waals surface area contributed by atoms with Crippen LogP contribution >= 0.6 is 0 Å². The number of nitrogens with zero attached hydrogens (tertiary/aromatic N) is 2. The molecule has 0 saturated carbocycles. The van der Waals surface area contributed by atoms with Crippen LogP contribution in [0.25, 0.3) is 22.2 Å². The molecule has 0 aliphatic heterocycles. The Balaban J connectivity index is 2.08. The summed E-state index contributed by atoms with van der Waals surface area (Å²) in [5.74, 6) is -0.184. The predicted octanol–water partition coefficient (Wildman–Crippen LogP) is 2.98. The van der Waals surface area contributed by atoms with E-state index in [1.54, 1.807) is 0 Å². The van der Waals surface area contributed by atoms with E-state index in [-0.39, 0.29) is 18.5 Å². The van der Waals surface area contributed by atoms with Gasteiger partial charge in [-0.3, -0.25) is 9.36 Å². The number of nitrogens with one attached hydrogen (secondary N) is 1. The van der Waals surface area contributed by atoms with Crippen molar-refractivity contribution in [1.29, 1.82) is 0 Å². The van der Waals surface area contributed by atoms with Gasteiger partial charge in [0.2, 0.25) is 5.91 Å². The molecule has 0 fully saturated rings. The van der Waals surface area contributed by atoms with Crippen molar-refractivity contribution in [3.63, 3.8) is 0 Å². The molecule has 1 aromatic heterocycles. The fourth-order valence-electron chi connectivity index (χ4n) is 2.76. The number of hydrogen-bond acceptors (Lipinski definition) is 3. The Morgan fingerprint density at radius 1 is 1.12 bits per heavy atom. The zero-order chi connectivity index (χ0) is 17.8. The third-order valence-corrected chi connectivity index (χ3v) is 4.26. The summed E-state index contributed by atoms with van der Waals surface area (Å²) in [4.78, 5) is 29.1. The van der Waals surface area contributed by atoms with Crippen molar-refractivity contribution >= 4 is 16.8 Å². The van der Waals surface area contributed by atoms with Crippen molar-refractivity contribution in [1.82, 2.24) is 14.9 Å². The molecule has 0 saturated heterocycles. The van der Waals surface area contributed by atoms with Gasteiger partial charge in [0, 0.05) is 17.0 Å². The van der Waals surface area contributed by atoms with Crippen molar-refractivity contribution in [3.8, 4) is 11.3 Å². The molecule has 5 nitrogen and oxygen atoms in total. The Labute approximate surface area is 146 Å². The fraction of sp³-hybridized carbons (Fsp3) is 0.250. The first-order valence-electron chi connectivity index (χ1n) is 8.44. The van der Waals surface area contributed by atoms with Crippen LogP contribution in [0, 0.1) is 0 Å². The molecule has 1 amide bonds. The van der Waals surface area contributed by atoms with Gasteiger partial charge in [-0.1, -0.05) is 55.5 Å². The highest BCUT2D eigenvalue weighted by molar-refractivity contribution is 5.93. The van der Waals surface area contributed by atoms with Crippen LogP contribution in [0.2, 0.25) is 0 Å². The summed E-state index contributed by atoms with van der Waals surface area (Å²) >= 11 is 0. The van der Waals surface area contributed by atoms with Gasteiger partial charge in [0.15, 0.2) is 0 Å². The first-order valence-corrected chi connectivity index (χ1v) is 8.44. The number of carbonyl (C=O) groups excluding carboxylic acids is 1. The Morgan fingerprint density at radius 3 is 2.52 bits per heavy atom. The van der Waals surface area contributed by atoms with Crippen LogP contribution in [0.3, 0.4) is 0 Å². The number of aromatic nitrogens is 2. The predicted molar refractivity (Wildman–Crippen MR) is 99.3 cm³/mol. The van der Waals surface area contributed by atoms with Gasteiger partial charge in [0.05, 0.1) is 11.2 Å². The first kappa shape index (κ1) is 16.9. The molecule has 3 rings (SSSR count). The van der Waals surface area contributed by atoms with Crippen LogP contribution in [-0.2, 0) is 11.3 Å². The molecule has 5 heteroatoms. The van der Waals surface area contributed by atoms with E-state index < -0.39 is 5.69 Å². The monoisotopic (exact) mass is 335 g/mol. The van der Waals surface area contributed by atoms with Gasteiger partial charge in [-0.2, -0.15) is 4.98 Å². The fourth-order valence-corrected chi connectivity index (χ4v) is 2.76. The summed E-state index contributed by atoms with van der Waals surface area (Å²) in [6.45, 7) is 3.91. The number of carbonyl (C=O) groups is 1. The van der Waals surface area contributed by atoms with Gasteiger partial charge >= 0.3 is 5.69 Å². The van der Waals surface area contributed by atoms with E-state index in [2.05, 4.69) is 10.3 Å². The molecule has 25 heavy (non-hydrogen) atoms. The Hall–Kier alpha value is -2.95. The largest absolute Gasteiger partial charge is 0.352 e. The topological polar surface area (TPSA) is 64.0 Å². The lowest BCUT2D eigenvalue weighted by molar-refractivity contribution is -0.122. The van der Waals surface area contributed by atoms with Gasteiger partial charge < -0.3 is 5.32 Å². The van der Waals surface area contributed by atoms with E-state index in [1.807, 2.05) is 68.4 Å². The molecule has 0 radical (unpaired) electrons. The molecular formula is C20H21N3O2. The van der Waals surface area contributed by atoms with Crippen molar-refractivity contribution in [2.45, 2.75) is 32.9 Å². The van der Waals surface area contributed by atoms with Gasteiger partial charge in [-0.05, 0) is 19.4 Å². The normalized spacial score (nSPS) is 12.1. The van der Waals surface area contributed by atoms with E-state index >= 15 is 0 Å². The van der Waals surface area contributed by atoms with Crippen LogP contribution in [0.15, 0.2) is 59.4 Å². The summed E-state index contributed by atoms with van der Waals surface area (Å²) < 4.78 is 1.43. The second kappa shape index (κ2) is 7.30. The maximum atomic E-state index is 12.6. The minimum absolute atomic E-state index is 0.0360. The quantitative estimate of drug-likeness (QED) is 0.779. The van der Waals surface area contributed by atoms with Crippen LogP contribution in [-0.4, -0.2) is 21.5 Å². The highest BCUT2D eigenvalue weighted by Gasteiger charge is 2.14. The maximum Gasteiger partial charge on any atom is 0.349 e. The second-order valence-electron chi connectivity index (χ2n) is 6.09. The lowest BCUT2D eigenvalue weighted by Crippen LogP contribution is -2.37. The SMILES string of the molecule is CC[C@H](C)NC(=O)Cn1c(=O)nc(-c2ccccc2)c2ccccc21. The highest BCUT2D eigenvalue weighted by atomic mass is 16.2. The van der Waals surface area contributed by atoms with E-state index in [4.69, 9.17) is 0 Å². The molecule has 0 spiro atoms. The number of amides is 1. The Morgan fingerprint density at radius 2 is 1.80 bits per heavy atom. The minimum atomic E-state index is -0.420. The van der Waals surface area contributed by atoms with E-state index in [1.165, 1.54) is 4.57 Å². The van der Waals surface area contributed by atoms with Gasteiger partial charge in [-0.15, -0.1) is 0 Å². The molecular weight excluding hydrogens is 314 g/mol. The van der Waals surface area contributed by atoms with Gasteiger partial charge in [0.25, 0.3) is 0 Å². The van der Waals surface area contributed by atoms with Crippen LogP contribution in [0.5, 0.6) is 0 Å². The summed E-state index contributed by atoms with van der Waals surface area (Å²) in [5, 5.41) is 3.74. The van der Waals surface area contributed by atoms with Gasteiger partial charge in [0.1, 0.15) is 6.54 Å². The smallest absolute Gasteiger partial charge is 0.349 e. The van der Waals surface area contributed by atoms with Crippen LogP contribution in [0.1, 0.15) is 20.3 Å². The highest BCUT2D eigenvalue weighted by Crippen LogP contribution is 2.24.